The van der Waals surface area contributed by atoms with Gasteiger partial charge in [0.2, 0.25) is 5.91 Å². The fourth-order valence-electron chi connectivity index (χ4n) is 2.94. The molecule has 23 heavy (non-hydrogen) atoms. The zero-order valence-corrected chi connectivity index (χ0v) is 15.0. The molecule has 128 valence electrons. The van der Waals surface area contributed by atoms with Gasteiger partial charge in [0.15, 0.2) is 5.69 Å². The Morgan fingerprint density at radius 1 is 1.35 bits per heavy atom. The number of ether oxygens (including phenoxy) is 1. The van der Waals surface area contributed by atoms with Crippen LogP contribution in [-0.2, 0) is 16.1 Å². The number of esters is 1. The van der Waals surface area contributed by atoms with Crippen molar-refractivity contribution < 1.29 is 14.3 Å². The number of carbonyl (C=O) groups is 2. The van der Waals surface area contributed by atoms with Crippen LogP contribution < -0.4 is 0 Å². The molecule has 0 bridgehead atoms. The van der Waals surface area contributed by atoms with Crippen molar-refractivity contribution in [3.63, 3.8) is 0 Å². The Morgan fingerprint density at radius 3 is 2.65 bits per heavy atom. The molecule has 0 saturated heterocycles. The van der Waals surface area contributed by atoms with E-state index >= 15 is 0 Å². The van der Waals surface area contributed by atoms with Crippen LogP contribution in [0.25, 0.3) is 0 Å². The summed E-state index contributed by atoms with van der Waals surface area (Å²) >= 11 is 1.42. The highest BCUT2D eigenvalue weighted by atomic mass is 32.1. The molecular formula is C17H26N2O3S. The topological polar surface area (TPSA) is 59.5 Å². The SMILES string of the molecule is CCOC(=O)c1csc(CN(C(=O)C(C)C)C2CCCCC2)n1. The maximum atomic E-state index is 12.6. The first-order valence-corrected chi connectivity index (χ1v) is 9.32. The molecule has 0 aliphatic heterocycles. The molecule has 2 rings (SSSR count). The summed E-state index contributed by atoms with van der Waals surface area (Å²) in [6.45, 7) is 6.48. The highest BCUT2D eigenvalue weighted by Crippen LogP contribution is 2.26. The predicted octanol–water partition coefficient (Wildman–Crippen LogP) is 3.64. The third kappa shape index (κ3) is 4.77. The van der Waals surface area contributed by atoms with Gasteiger partial charge in [0, 0.05) is 17.3 Å². The molecule has 1 aromatic rings. The van der Waals surface area contributed by atoms with Crippen LogP contribution >= 0.6 is 11.3 Å². The largest absolute Gasteiger partial charge is 0.461 e. The van der Waals surface area contributed by atoms with Crippen molar-refractivity contribution >= 4 is 23.2 Å². The van der Waals surface area contributed by atoms with Gasteiger partial charge < -0.3 is 9.64 Å². The first-order chi connectivity index (χ1) is 11.0. The van der Waals surface area contributed by atoms with Gasteiger partial charge in [-0.3, -0.25) is 4.79 Å². The smallest absolute Gasteiger partial charge is 0.357 e. The first kappa shape index (κ1) is 17.9. The molecule has 1 aliphatic rings. The van der Waals surface area contributed by atoms with E-state index in [0.29, 0.717) is 24.9 Å². The lowest BCUT2D eigenvalue weighted by Crippen LogP contribution is -2.43. The number of nitrogens with zero attached hydrogens (tertiary/aromatic N) is 2. The molecule has 0 unspecified atom stereocenters. The van der Waals surface area contributed by atoms with E-state index in [1.807, 2.05) is 18.7 Å². The number of aromatic nitrogens is 1. The van der Waals surface area contributed by atoms with E-state index in [1.54, 1.807) is 12.3 Å². The molecule has 5 nitrogen and oxygen atoms in total. The Balaban J connectivity index is 2.10. The lowest BCUT2D eigenvalue weighted by atomic mass is 9.93. The second kappa shape index (κ2) is 8.43. The molecule has 1 amide bonds. The summed E-state index contributed by atoms with van der Waals surface area (Å²) in [5.74, 6) is -0.249. The fraction of sp³-hybridized carbons (Fsp3) is 0.706. The van der Waals surface area contributed by atoms with Crippen molar-refractivity contribution in [2.24, 2.45) is 5.92 Å². The predicted molar refractivity (Wildman–Crippen MR) is 90.3 cm³/mol. The number of carbonyl (C=O) groups excluding carboxylic acids is 2. The number of thiazole rings is 1. The highest BCUT2D eigenvalue weighted by Gasteiger charge is 2.28. The van der Waals surface area contributed by atoms with Crippen molar-refractivity contribution in [3.05, 3.63) is 16.1 Å². The molecule has 0 aromatic carbocycles. The summed E-state index contributed by atoms with van der Waals surface area (Å²) in [5, 5.41) is 2.51. The number of amides is 1. The Morgan fingerprint density at radius 2 is 2.04 bits per heavy atom. The lowest BCUT2D eigenvalue weighted by Gasteiger charge is -2.35. The molecule has 0 radical (unpaired) electrons. The standard InChI is InChI=1S/C17H26N2O3S/c1-4-22-17(21)14-11-23-15(18-14)10-19(16(20)12(2)3)13-8-6-5-7-9-13/h11-13H,4-10H2,1-3H3. The van der Waals surface area contributed by atoms with Gasteiger partial charge in [0.05, 0.1) is 13.2 Å². The van der Waals surface area contributed by atoms with Gasteiger partial charge in [-0.1, -0.05) is 33.1 Å². The van der Waals surface area contributed by atoms with E-state index < -0.39 is 5.97 Å². The minimum Gasteiger partial charge on any atom is -0.461 e. The normalized spacial score (nSPS) is 15.7. The molecular weight excluding hydrogens is 312 g/mol. The molecule has 0 spiro atoms. The van der Waals surface area contributed by atoms with E-state index in [2.05, 4.69) is 4.98 Å². The van der Waals surface area contributed by atoms with Crippen molar-refractivity contribution in [1.82, 2.24) is 9.88 Å². The van der Waals surface area contributed by atoms with Crippen LogP contribution in [0.1, 0.15) is 68.4 Å². The van der Waals surface area contributed by atoms with Crippen LogP contribution in [-0.4, -0.2) is 34.4 Å². The Hall–Kier alpha value is -1.43. The maximum absolute atomic E-state index is 12.6. The van der Waals surface area contributed by atoms with Gasteiger partial charge in [-0.25, -0.2) is 9.78 Å². The number of hydrogen-bond donors (Lipinski definition) is 0. The van der Waals surface area contributed by atoms with Gasteiger partial charge in [-0.05, 0) is 19.8 Å². The van der Waals surface area contributed by atoms with E-state index in [1.165, 1.54) is 30.6 Å². The Bertz CT molecular complexity index is 536. The van der Waals surface area contributed by atoms with Gasteiger partial charge >= 0.3 is 5.97 Å². The average molecular weight is 338 g/mol. The van der Waals surface area contributed by atoms with Crippen molar-refractivity contribution in [1.29, 1.82) is 0 Å². The highest BCUT2D eigenvalue weighted by molar-refractivity contribution is 7.09. The summed E-state index contributed by atoms with van der Waals surface area (Å²) in [6, 6.07) is 0.300. The van der Waals surface area contributed by atoms with Crippen LogP contribution in [0.5, 0.6) is 0 Å². The molecule has 0 N–H and O–H groups in total. The third-order valence-corrected chi connectivity index (χ3v) is 4.97. The van der Waals surface area contributed by atoms with Crippen LogP contribution in [0, 0.1) is 5.92 Å². The maximum Gasteiger partial charge on any atom is 0.357 e. The van der Waals surface area contributed by atoms with E-state index in [9.17, 15) is 9.59 Å². The van der Waals surface area contributed by atoms with E-state index in [4.69, 9.17) is 4.74 Å². The van der Waals surface area contributed by atoms with Gasteiger partial charge in [-0.2, -0.15) is 0 Å². The minimum absolute atomic E-state index is 0.0265. The third-order valence-electron chi connectivity index (χ3n) is 4.13. The van der Waals surface area contributed by atoms with Gasteiger partial charge in [-0.15, -0.1) is 11.3 Å². The molecule has 1 saturated carbocycles. The van der Waals surface area contributed by atoms with Gasteiger partial charge in [0.25, 0.3) is 0 Å². The fourth-order valence-corrected chi connectivity index (χ4v) is 3.70. The second-order valence-electron chi connectivity index (χ2n) is 6.26. The van der Waals surface area contributed by atoms with E-state index in [0.717, 1.165) is 17.8 Å². The Labute approximate surface area is 142 Å². The quantitative estimate of drug-likeness (QED) is 0.743. The molecule has 6 heteroatoms. The summed E-state index contributed by atoms with van der Waals surface area (Å²) in [4.78, 5) is 30.7. The van der Waals surface area contributed by atoms with Crippen LogP contribution in [0.2, 0.25) is 0 Å². The summed E-state index contributed by atoms with van der Waals surface area (Å²) in [7, 11) is 0. The van der Waals surface area contributed by atoms with E-state index in [-0.39, 0.29) is 11.8 Å². The summed E-state index contributed by atoms with van der Waals surface area (Å²) in [6.07, 6.45) is 5.74. The zero-order valence-electron chi connectivity index (χ0n) is 14.2. The molecule has 1 heterocycles. The minimum atomic E-state index is -0.394. The molecule has 1 aliphatic carbocycles. The molecule has 0 atom stereocenters. The van der Waals surface area contributed by atoms with Crippen LogP contribution in [0.4, 0.5) is 0 Å². The Kier molecular flexibility index (Phi) is 6.57. The van der Waals surface area contributed by atoms with Gasteiger partial charge in [0.1, 0.15) is 5.01 Å². The number of rotatable bonds is 6. The number of hydrogen-bond acceptors (Lipinski definition) is 5. The van der Waals surface area contributed by atoms with Crippen LogP contribution in [0.3, 0.4) is 0 Å². The van der Waals surface area contributed by atoms with Crippen molar-refractivity contribution in [2.75, 3.05) is 6.61 Å². The first-order valence-electron chi connectivity index (χ1n) is 8.45. The zero-order chi connectivity index (χ0) is 16.8. The van der Waals surface area contributed by atoms with Crippen molar-refractivity contribution in [2.45, 2.75) is 65.5 Å². The lowest BCUT2D eigenvalue weighted by molar-refractivity contribution is -0.138. The second-order valence-corrected chi connectivity index (χ2v) is 7.20. The van der Waals surface area contributed by atoms with Crippen molar-refractivity contribution in [3.8, 4) is 0 Å². The summed E-state index contributed by atoms with van der Waals surface area (Å²) in [5.41, 5.74) is 0.340. The monoisotopic (exact) mass is 338 g/mol. The molecule has 1 aromatic heterocycles. The molecule has 1 fully saturated rings. The summed E-state index contributed by atoms with van der Waals surface area (Å²) < 4.78 is 4.97. The average Bonchev–Trinajstić information content (AvgIpc) is 3.02. The van der Waals surface area contributed by atoms with Crippen LogP contribution in [0.15, 0.2) is 5.38 Å².